The maximum atomic E-state index is 5.64. The molecule has 1 saturated heterocycles. The van der Waals surface area contributed by atoms with Gasteiger partial charge in [-0.2, -0.15) is 5.10 Å². The van der Waals surface area contributed by atoms with Gasteiger partial charge < -0.3 is 10.1 Å². The molecule has 0 spiro atoms. The van der Waals surface area contributed by atoms with Gasteiger partial charge in [-0.3, -0.25) is 4.68 Å². The van der Waals surface area contributed by atoms with Gasteiger partial charge in [-0.05, 0) is 39.2 Å². The maximum Gasteiger partial charge on any atom is 0.157 e. The van der Waals surface area contributed by atoms with Crippen molar-refractivity contribution in [2.24, 2.45) is 0 Å². The minimum atomic E-state index is 0.724. The standard InChI is InChI=1S/C12H21N3O/c1-2-15-10-12(9-14-15)16-8-4-6-11-5-3-7-13-11/h9-11,13H,2-8H2,1H3. The average Bonchev–Trinajstić information content (AvgIpc) is 2.95. The molecule has 1 fully saturated rings. The Balaban J connectivity index is 1.60. The van der Waals surface area contributed by atoms with E-state index in [1.165, 1.54) is 25.8 Å². The lowest BCUT2D eigenvalue weighted by atomic mass is 10.1. The number of ether oxygens (including phenoxy) is 1. The first kappa shape index (κ1) is 11.5. The van der Waals surface area contributed by atoms with Crippen molar-refractivity contribution >= 4 is 0 Å². The number of hydrogen-bond acceptors (Lipinski definition) is 3. The molecule has 16 heavy (non-hydrogen) atoms. The Kier molecular flexibility index (Phi) is 4.22. The zero-order valence-corrected chi connectivity index (χ0v) is 9.98. The molecule has 1 aliphatic rings. The van der Waals surface area contributed by atoms with Gasteiger partial charge in [0.1, 0.15) is 0 Å². The summed E-state index contributed by atoms with van der Waals surface area (Å²) in [4.78, 5) is 0. The minimum absolute atomic E-state index is 0.724. The van der Waals surface area contributed by atoms with Crippen LogP contribution in [0.3, 0.4) is 0 Å². The summed E-state index contributed by atoms with van der Waals surface area (Å²) in [7, 11) is 0. The molecule has 1 aromatic heterocycles. The molecule has 4 heteroatoms. The van der Waals surface area contributed by atoms with Crippen molar-refractivity contribution in [2.45, 2.75) is 45.2 Å². The SMILES string of the molecule is CCn1cc(OCCCC2CCCN2)cn1. The van der Waals surface area contributed by atoms with Gasteiger partial charge >= 0.3 is 0 Å². The van der Waals surface area contributed by atoms with Crippen molar-refractivity contribution in [2.75, 3.05) is 13.2 Å². The number of rotatable bonds is 6. The average molecular weight is 223 g/mol. The van der Waals surface area contributed by atoms with E-state index in [1.807, 2.05) is 10.9 Å². The maximum absolute atomic E-state index is 5.64. The van der Waals surface area contributed by atoms with E-state index in [9.17, 15) is 0 Å². The first-order valence-electron chi connectivity index (χ1n) is 6.27. The van der Waals surface area contributed by atoms with E-state index in [1.54, 1.807) is 6.20 Å². The van der Waals surface area contributed by atoms with E-state index in [0.29, 0.717) is 0 Å². The predicted molar refractivity (Wildman–Crippen MR) is 63.7 cm³/mol. The van der Waals surface area contributed by atoms with Crippen molar-refractivity contribution in [3.63, 3.8) is 0 Å². The van der Waals surface area contributed by atoms with Gasteiger partial charge in [-0.1, -0.05) is 0 Å². The van der Waals surface area contributed by atoms with Crippen LogP contribution in [-0.4, -0.2) is 29.0 Å². The highest BCUT2D eigenvalue weighted by molar-refractivity contribution is 5.11. The molecule has 2 heterocycles. The Bertz CT molecular complexity index is 305. The van der Waals surface area contributed by atoms with E-state index >= 15 is 0 Å². The van der Waals surface area contributed by atoms with E-state index in [4.69, 9.17) is 4.74 Å². The number of nitrogens with zero attached hydrogens (tertiary/aromatic N) is 2. The quantitative estimate of drug-likeness (QED) is 0.748. The Morgan fingerprint density at radius 1 is 1.62 bits per heavy atom. The van der Waals surface area contributed by atoms with Crippen LogP contribution in [0.2, 0.25) is 0 Å². The number of hydrogen-bond donors (Lipinski definition) is 1. The second kappa shape index (κ2) is 5.89. The third kappa shape index (κ3) is 3.23. The largest absolute Gasteiger partial charge is 0.490 e. The molecule has 1 unspecified atom stereocenters. The van der Waals surface area contributed by atoms with Gasteiger partial charge in [-0.25, -0.2) is 0 Å². The topological polar surface area (TPSA) is 39.1 Å². The lowest BCUT2D eigenvalue weighted by Crippen LogP contribution is -2.21. The summed E-state index contributed by atoms with van der Waals surface area (Å²) in [5.74, 6) is 0.890. The molecule has 0 aliphatic carbocycles. The van der Waals surface area contributed by atoms with Gasteiger partial charge in [0.05, 0.1) is 19.0 Å². The van der Waals surface area contributed by atoms with E-state index < -0.39 is 0 Å². The molecule has 1 aromatic rings. The zero-order valence-electron chi connectivity index (χ0n) is 9.98. The summed E-state index contributed by atoms with van der Waals surface area (Å²) in [5.41, 5.74) is 0. The van der Waals surface area contributed by atoms with Crippen LogP contribution in [0.5, 0.6) is 5.75 Å². The Hall–Kier alpha value is -1.03. The second-order valence-electron chi connectivity index (χ2n) is 4.32. The summed E-state index contributed by atoms with van der Waals surface area (Å²) in [6.07, 6.45) is 8.74. The van der Waals surface area contributed by atoms with Crippen molar-refractivity contribution in [3.05, 3.63) is 12.4 Å². The van der Waals surface area contributed by atoms with Gasteiger partial charge in [0.25, 0.3) is 0 Å². The molecule has 0 saturated carbocycles. The zero-order chi connectivity index (χ0) is 11.2. The Morgan fingerprint density at radius 3 is 3.25 bits per heavy atom. The molecule has 1 aliphatic heterocycles. The fourth-order valence-corrected chi connectivity index (χ4v) is 2.11. The molecule has 2 rings (SSSR count). The van der Waals surface area contributed by atoms with Crippen LogP contribution >= 0.6 is 0 Å². The molecule has 0 radical (unpaired) electrons. The number of nitrogens with one attached hydrogen (secondary N) is 1. The van der Waals surface area contributed by atoms with E-state index in [0.717, 1.165) is 31.4 Å². The summed E-state index contributed by atoms with van der Waals surface area (Å²) in [5, 5.41) is 7.67. The molecule has 1 N–H and O–H groups in total. The highest BCUT2D eigenvalue weighted by atomic mass is 16.5. The van der Waals surface area contributed by atoms with Crippen LogP contribution in [-0.2, 0) is 6.54 Å². The Morgan fingerprint density at radius 2 is 2.56 bits per heavy atom. The molecule has 0 bridgehead atoms. The molecular weight excluding hydrogens is 202 g/mol. The first-order valence-corrected chi connectivity index (χ1v) is 6.27. The molecular formula is C12H21N3O. The predicted octanol–water partition coefficient (Wildman–Crippen LogP) is 1.81. The first-order chi connectivity index (χ1) is 7.88. The normalized spacial score (nSPS) is 20.2. The van der Waals surface area contributed by atoms with Crippen LogP contribution in [0.1, 0.15) is 32.6 Å². The fraction of sp³-hybridized carbons (Fsp3) is 0.750. The number of aryl methyl sites for hydroxylation is 1. The van der Waals surface area contributed by atoms with E-state index in [2.05, 4.69) is 17.3 Å². The third-order valence-electron chi connectivity index (χ3n) is 3.06. The Labute approximate surface area is 97.0 Å². The molecule has 0 aromatic carbocycles. The third-order valence-corrected chi connectivity index (χ3v) is 3.06. The molecule has 0 amide bonds. The highest BCUT2D eigenvalue weighted by Crippen LogP contribution is 2.12. The van der Waals surface area contributed by atoms with Crippen molar-refractivity contribution in [1.29, 1.82) is 0 Å². The molecule has 4 nitrogen and oxygen atoms in total. The summed E-state index contributed by atoms with van der Waals surface area (Å²) in [6, 6.07) is 0.724. The monoisotopic (exact) mass is 223 g/mol. The highest BCUT2D eigenvalue weighted by Gasteiger charge is 2.12. The van der Waals surface area contributed by atoms with Gasteiger partial charge in [0.15, 0.2) is 5.75 Å². The minimum Gasteiger partial charge on any atom is -0.490 e. The van der Waals surface area contributed by atoms with Crippen LogP contribution < -0.4 is 10.1 Å². The van der Waals surface area contributed by atoms with Crippen LogP contribution in [0.4, 0.5) is 0 Å². The van der Waals surface area contributed by atoms with E-state index in [-0.39, 0.29) is 0 Å². The van der Waals surface area contributed by atoms with Crippen LogP contribution in [0, 0.1) is 0 Å². The summed E-state index contributed by atoms with van der Waals surface area (Å²) >= 11 is 0. The fourth-order valence-electron chi connectivity index (χ4n) is 2.11. The van der Waals surface area contributed by atoms with Crippen molar-refractivity contribution in [3.8, 4) is 5.75 Å². The van der Waals surface area contributed by atoms with Gasteiger partial charge in [0.2, 0.25) is 0 Å². The summed E-state index contributed by atoms with van der Waals surface area (Å²) in [6.45, 7) is 4.96. The lowest BCUT2D eigenvalue weighted by molar-refractivity contribution is 0.298. The van der Waals surface area contributed by atoms with Crippen LogP contribution in [0.15, 0.2) is 12.4 Å². The second-order valence-corrected chi connectivity index (χ2v) is 4.32. The van der Waals surface area contributed by atoms with Gasteiger partial charge in [-0.15, -0.1) is 0 Å². The van der Waals surface area contributed by atoms with Crippen molar-refractivity contribution < 1.29 is 4.74 Å². The molecule has 90 valence electrons. The lowest BCUT2D eigenvalue weighted by Gasteiger charge is -2.09. The number of aromatic nitrogens is 2. The summed E-state index contributed by atoms with van der Waals surface area (Å²) < 4.78 is 7.52. The van der Waals surface area contributed by atoms with Crippen LogP contribution in [0.25, 0.3) is 0 Å². The smallest absolute Gasteiger partial charge is 0.157 e. The molecule has 1 atom stereocenters. The van der Waals surface area contributed by atoms with Gasteiger partial charge in [0, 0.05) is 12.6 Å². The van der Waals surface area contributed by atoms with Crippen molar-refractivity contribution in [1.82, 2.24) is 15.1 Å².